The topological polar surface area (TPSA) is 58.2 Å². The van der Waals surface area contributed by atoms with Crippen molar-refractivity contribution in [2.24, 2.45) is 11.8 Å². The number of carbonyl (C=O) groups excluding carboxylic acids is 2. The van der Waals surface area contributed by atoms with Crippen LogP contribution in [0.4, 0.5) is 5.69 Å². The minimum Gasteiger partial charge on any atom is -0.356 e. The lowest BCUT2D eigenvalue weighted by Crippen LogP contribution is -2.28. The fraction of sp³-hybridized carbons (Fsp3) is 0.529. The molecule has 2 N–H and O–H groups in total. The van der Waals surface area contributed by atoms with E-state index in [0.717, 1.165) is 23.2 Å². The van der Waals surface area contributed by atoms with Crippen LogP contribution < -0.4 is 10.6 Å². The molecule has 1 saturated carbocycles. The quantitative estimate of drug-likeness (QED) is 0.875. The van der Waals surface area contributed by atoms with Gasteiger partial charge in [-0.1, -0.05) is 24.6 Å². The third kappa shape index (κ3) is 3.63. The zero-order valence-corrected chi connectivity index (χ0v) is 13.2. The summed E-state index contributed by atoms with van der Waals surface area (Å²) in [6.07, 6.45) is 1.57. The molecule has 0 aliphatic heterocycles. The normalized spacial score (nSPS) is 20.0. The minimum atomic E-state index is -0.179. The molecule has 0 heterocycles. The van der Waals surface area contributed by atoms with E-state index in [0.29, 0.717) is 13.0 Å². The third-order valence-corrected chi connectivity index (χ3v) is 3.94. The van der Waals surface area contributed by atoms with Crippen molar-refractivity contribution >= 4 is 17.5 Å². The Kier molecular flexibility index (Phi) is 4.66. The first kappa shape index (κ1) is 15.5. The summed E-state index contributed by atoms with van der Waals surface area (Å²) in [7, 11) is 0. The summed E-state index contributed by atoms with van der Waals surface area (Å²) in [6, 6.07) is 4.11. The van der Waals surface area contributed by atoms with E-state index in [9.17, 15) is 9.59 Å². The number of benzene rings is 1. The van der Waals surface area contributed by atoms with Crippen LogP contribution in [-0.2, 0) is 9.59 Å². The van der Waals surface area contributed by atoms with Gasteiger partial charge in [-0.2, -0.15) is 0 Å². The summed E-state index contributed by atoms with van der Waals surface area (Å²) < 4.78 is 0. The van der Waals surface area contributed by atoms with Crippen molar-refractivity contribution in [3.05, 3.63) is 28.8 Å². The molecule has 1 aliphatic carbocycles. The van der Waals surface area contributed by atoms with Crippen LogP contribution in [0, 0.1) is 32.6 Å². The average Bonchev–Trinajstić information content (AvgIpc) is 3.20. The zero-order chi connectivity index (χ0) is 15.6. The number of hydrogen-bond donors (Lipinski definition) is 2. The molecular formula is C17H24N2O2. The summed E-state index contributed by atoms with van der Waals surface area (Å²) in [5.74, 6) is -0.361. The number of aryl methyl sites for hydroxylation is 3. The highest BCUT2D eigenvalue weighted by molar-refractivity contribution is 6.00. The van der Waals surface area contributed by atoms with Crippen LogP contribution in [0.25, 0.3) is 0 Å². The Bertz CT molecular complexity index is 543. The molecule has 0 saturated heterocycles. The van der Waals surface area contributed by atoms with E-state index in [4.69, 9.17) is 0 Å². The van der Waals surface area contributed by atoms with E-state index >= 15 is 0 Å². The van der Waals surface area contributed by atoms with Crippen molar-refractivity contribution in [2.45, 2.75) is 40.5 Å². The molecule has 0 spiro atoms. The minimum absolute atomic E-state index is 0.00866. The van der Waals surface area contributed by atoms with E-state index in [1.165, 1.54) is 5.56 Å². The molecule has 1 aromatic carbocycles. The molecule has 2 atom stereocenters. The number of anilines is 1. The maximum atomic E-state index is 12.3. The van der Waals surface area contributed by atoms with Gasteiger partial charge in [-0.25, -0.2) is 0 Å². The van der Waals surface area contributed by atoms with Crippen LogP contribution in [0.3, 0.4) is 0 Å². The lowest BCUT2D eigenvalue weighted by molar-refractivity contribution is -0.125. The van der Waals surface area contributed by atoms with Gasteiger partial charge in [0.2, 0.25) is 11.8 Å². The lowest BCUT2D eigenvalue weighted by Gasteiger charge is -2.12. The van der Waals surface area contributed by atoms with E-state index in [1.807, 2.05) is 27.7 Å². The van der Waals surface area contributed by atoms with Gasteiger partial charge < -0.3 is 10.6 Å². The summed E-state index contributed by atoms with van der Waals surface area (Å²) in [5, 5.41) is 5.84. The molecule has 21 heavy (non-hydrogen) atoms. The monoisotopic (exact) mass is 288 g/mol. The largest absolute Gasteiger partial charge is 0.356 e. The SMILES string of the molecule is CCCNC(=O)C1CC1C(=O)Nc1c(C)cc(C)cc1C. The second-order valence-electron chi connectivity index (χ2n) is 6.00. The van der Waals surface area contributed by atoms with Gasteiger partial charge in [-0.15, -0.1) is 0 Å². The Hall–Kier alpha value is -1.84. The van der Waals surface area contributed by atoms with E-state index < -0.39 is 0 Å². The number of hydrogen-bond acceptors (Lipinski definition) is 2. The Morgan fingerprint density at radius 1 is 1.10 bits per heavy atom. The highest BCUT2D eigenvalue weighted by Gasteiger charge is 2.47. The summed E-state index contributed by atoms with van der Waals surface area (Å²) in [5.41, 5.74) is 4.19. The molecule has 4 nitrogen and oxygen atoms in total. The second-order valence-corrected chi connectivity index (χ2v) is 6.00. The Morgan fingerprint density at radius 3 is 2.24 bits per heavy atom. The molecular weight excluding hydrogens is 264 g/mol. The van der Waals surface area contributed by atoms with Crippen LogP contribution in [0.1, 0.15) is 36.5 Å². The van der Waals surface area contributed by atoms with Gasteiger partial charge in [0.05, 0.1) is 11.8 Å². The van der Waals surface area contributed by atoms with Gasteiger partial charge in [0.1, 0.15) is 0 Å². The highest BCUT2D eigenvalue weighted by atomic mass is 16.2. The molecule has 4 heteroatoms. The van der Waals surface area contributed by atoms with E-state index in [2.05, 4.69) is 22.8 Å². The van der Waals surface area contributed by atoms with Gasteiger partial charge in [0.25, 0.3) is 0 Å². The third-order valence-electron chi connectivity index (χ3n) is 3.94. The van der Waals surface area contributed by atoms with Gasteiger partial charge >= 0.3 is 0 Å². The molecule has 1 fully saturated rings. The molecule has 0 aromatic heterocycles. The standard InChI is InChI=1S/C17H24N2O2/c1-5-6-18-16(20)13-9-14(13)17(21)19-15-11(3)7-10(2)8-12(15)4/h7-8,13-14H,5-6,9H2,1-4H3,(H,18,20)(H,19,21). The van der Waals surface area contributed by atoms with Crippen molar-refractivity contribution in [1.82, 2.24) is 5.32 Å². The summed E-state index contributed by atoms with van der Waals surface area (Å²) in [6.45, 7) is 8.72. The molecule has 2 rings (SSSR count). The number of amides is 2. The number of nitrogens with one attached hydrogen (secondary N) is 2. The second kappa shape index (κ2) is 6.29. The van der Waals surface area contributed by atoms with E-state index in [1.54, 1.807) is 0 Å². The van der Waals surface area contributed by atoms with Crippen LogP contribution in [0.5, 0.6) is 0 Å². The maximum Gasteiger partial charge on any atom is 0.228 e. The number of rotatable bonds is 5. The van der Waals surface area contributed by atoms with Gasteiger partial charge in [-0.05, 0) is 44.7 Å². The van der Waals surface area contributed by atoms with Crippen molar-refractivity contribution in [2.75, 3.05) is 11.9 Å². The van der Waals surface area contributed by atoms with Crippen molar-refractivity contribution in [3.63, 3.8) is 0 Å². The Balaban J connectivity index is 1.97. The van der Waals surface area contributed by atoms with Crippen LogP contribution in [0.15, 0.2) is 12.1 Å². The molecule has 2 amide bonds. The predicted octanol–water partition coefficient (Wildman–Crippen LogP) is 2.71. The average molecular weight is 288 g/mol. The van der Waals surface area contributed by atoms with E-state index in [-0.39, 0.29) is 23.7 Å². The summed E-state index contributed by atoms with van der Waals surface area (Å²) in [4.78, 5) is 24.1. The Morgan fingerprint density at radius 2 is 1.67 bits per heavy atom. The molecule has 1 aliphatic rings. The maximum absolute atomic E-state index is 12.3. The van der Waals surface area contributed by atoms with Crippen LogP contribution >= 0.6 is 0 Å². The molecule has 0 bridgehead atoms. The van der Waals surface area contributed by atoms with Gasteiger partial charge in [0.15, 0.2) is 0 Å². The molecule has 1 aromatic rings. The van der Waals surface area contributed by atoms with Crippen LogP contribution in [-0.4, -0.2) is 18.4 Å². The highest BCUT2D eigenvalue weighted by Crippen LogP contribution is 2.40. The molecule has 0 radical (unpaired) electrons. The first-order valence-electron chi connectivity index (χ1n) is 7.60. The van der Waals surface area contributed by atoms with Crippen LogP contribution in [0.2, 0.25) is 0 Å². The number of carbonyl (C=O) groups is 2. The first-order chi connectivity index (χ1) is 9.93. The van der Waals surface area contributed by atoms with Crippen molar-refractivity contribution in [1.29, 1.82) is 0 Å². The van der Waals surface area contributed by atoms with Crippen molar-refractivity contribution < 1.29 is 9.59 Å². The molecule has 114 valence electrons. The zero-order valence-electron chi connectivity index (χ0n) is 13.2. The smallest absolute Gasteiger partial charge is 0.228 e. The summed E-state index contributed by atoms with van der Waals surface area (Å²) >= 11 is 0. The van der Waals surface area contributed by atoms with Gasteiger partial charge in [0, 0.05) is 12.2 Å². The molecule has 2 unspecified atom stereocenters. The Labute approximate surface area is 126 Å². The fourth-order valence-electron chi connectivity index (χ4n) is 2.75. The van der Waals surface area contributed by atoms with Crippen molar-refractivity contribution in [3.8, 4) is 0 Å². The lowest BCUT2D eigenvalue weighted by atomic mass is 10.0. The fourth-order valence-corrected chi connectivity index (χ4v) is 2.75. The predicted molar refractivity (Wildman–Crippen MR) is 84.2 cm³/mol. The van der Waals surface area contributed by atoms with Gasteiger partial charge in [-0.3, -0.25) is 9.59 Å². The first-order valence-corrected chi connectivity index (χ1v) is 7.60.